The van der Waals surface area contributed by atoms with E-state index in [2.05, 4.69) is 15.5 Å². The Bertz CT molecular complexity index is 1060. The van der Waals surface area contributed by atoms with E-state index in [1.54, 1.807) is 12.1 Å². The molecule has 0 aliphatic heterocycles. The van der Waals surface area contributed by atoms with E-state index in [-0.39, 0.29) is 17.3 Å². The van der Waals surface area contributed by atoms with Crippen LogP contribution in [0.5, 0.6) is 0 Å². The third-order valence-electron chi connectivity index (χ3n) is 4.35. The molecular formula is C20H21N5O3S. The van der Waals surface area contributed by atoms with Gasteiger partial charge in [0, 0.05) is 29.9 Å². The van der Waals surface area contributed by atoms with Crippen LogP contribution in [-0.2, 0) is 11.3 Å². The number of nitrogens with one attached hydrogen (secondary N) is 1. The zero-order chi connectivity index (χ0) is 21.0. The first-order chi connectivity index (χ1) is 13.9. The van der Waals surface area contributed by atoms with Gasteiger partial charge in [0.25, 0.3) is 5.69 Å². The fourth-order valence-electron chi connectivity index (χ4n) is 2.84. The van der Waals surface area contributed by atoms with E-state index in [9.17, 15) is 14.9 Å². The minimum absolute atomic E-state index is 0.00439. The highest BCUT2D eigenvalue weighted by atomic mass is 32.2. The molecule has 0 fully saturated rings. The third-order valence-corrected chi connectivity index (χ3v) is 5.31. The molecular weight excluding hydrogens is 390 g/mol. The number of nitrogens with zero attached hydrogens (tertiary/aromatic N) is 4. The van der Waals surface area contributed by atoms with Crippen LogP contribution in [0.15, 0.2) is 47.6 Å². The highest BCUT2D eigenvalue weighted by Crippen LogP contribution is 2.26. The SMILES string of the molecule is CCn1c(SCC(=O)Nc2cc(C)ccc2C)nnc1-c1cccc([N+](=O)[O-])c1. The van der Waals surface area contributed by atoms with Gasteiger partial charge in [0.1, 0.15) is 0 Å². The van der Waals surface area contributed by atoms with Crippen LogP contribution in [0, 0.1) is 24.0 Å². The lowest BCUT2D eigenvalue weighted by atomic mass is 10.1. The lowest BCUT2D eigenvalue weighted by Crippen LogP contribution is -2.15. The summed E-state index contributed by atoms with van der Waals surface area (Å²) in [6.45, 7) is 6.43. The number of nitro benzene ring substituents is 1. The largest absolute Gasteiger partial charge is 0.325 e. The zero-order valence-corrected chi connectivity index (χ0v) is 17.2. The lowest BCUT2D eigenvalue weighted by Gasteiger charge is -2.10. The van der Waals surface area contributed by atoms with Crippen molar-refractivity contribution >= 4 is 29.0 Å². The fourth-order valence-corrected chi connectivity index (χ4v) is 3.64. The topological polar surface area (TPSA) is 103 Å². The van der Waals surface area contributed by atoms with Crippen molar-refractivity contribution in [3.05, 3.63) is 63.7 Å². The number of aromatic nitrogens is 3. The third kappa shape index (κ3) is 4.80. The summed E-state index contributed by atoms with van der Waals surface area (Å²) in [5.74, 6) is 0.584. The Balaban J connectivity index is 1.74. The molecule has 1 amide bonds. The van der Waals surface area contributed by atoms with Crippen LogP contribution < -0.4 is 5.32 Å². The predicted octanol–water partition coefficient (Wildman–Crippen LogP) is 4.22. The summed E-state index contributed by atoms with van der Waals surface area (Å²) in [6.07, 6.45) is 0. The van der Waals surface area contributed by atoms with E-state index >= 15 is 0 Å². The van der Waals surface area contributed by atoms with Gasteiger partial charge in [0.2, 0.25) is 5.91 Å². The van der Waals surface area contributed by atoms with Crippen LogP contribution in [0.25, 0.3) is 11.4 Å². The maximum atomic E-state index is 12.4. The molecule has 1 heterocycles. The minimum atomic E-state index is -0.441. The van der Waals surface area contributed by atoms with Crippen molar-refractivity contribution in [1.29, 1.82) is 0 Å². The zero-order valence-electron chi connectivity index (χ0n) is 16.4. The van der Waals surface area contributed by atoms with Crippen LogP contribution in [0.4, 0.5) is 11.4 Å². The van der Waals surface area contributed by atoms with Gasteiger partial charge in [0.05, 0.1) is 10.7 Å². The van der Waals surface area contributed by atoms with Crippen molar-refractivity contribution in [3.63, 3.8) is 0 Å². The van der Waals surface area contributed by atoms with Crippen LogP contribution in [0.3, 0.4) is 0 Å². The van der Waals surface area contributed by atoms with Crippen LogP contribution >= 0.6 is 11.8 Å². The number of hydrogen-bond donors (Lipinski definition) is 1. The molecule has 3 rings (SSSR count). The maximum Gasteiger partial charge on any atom is 0.270 e. The van der Waals surface area contributed by atoms with Gasteiger partial charge in [-0.3, -0.25) is 14.9 Å². The summed E-state index contributed by atoms with van der Waals surface area (Å²) in [5.41, 5.74) is 3.48. The number of benzene rings is 2. The number of carbonyl (C=O) groups is 1. The van der Waals surface area contributed by atoms with Crippen LogP contribution in [0.1, 0.15) is 18.1 Å². The molecule has 0 unspecified atom stereocenters. The predicted molar refractivity (Wildman–Crippen MR) is 113 cm³/mol. The van der Waals surface area contributed by atoms with Crippen molar-refractivity contribution in [2.75, 3.05) is 11.1 Å². The molecule has 0 saturated carbocycles. The van der Waals surface area contributed by atoms with E-state index in [0.717, 1.165) is 16.8 Å². The Hall–Kier alpha value is -3.20. The van der Waals surface area contributed by atoms with E-state index in [1.807, 2.05) is 43.5 Å². The first kappa shape index (κ1) is 20.5. The van der Waals surface area contributed by atoms with Gasteiger partial charge < -0.3 is 9.88 Å². The number of non-ortho nitro benzene ring substituents is 1. The van der Waals surface area contributed by atoms with Gasteiger partial charge in [-0.1, -0.05) is 36.0 Å². The molecule has 0 spiro atoms. The molecule has 0 bridgehead atoms. The molecule has 0 atom stereocenters. The van der Waals surface area contributed by atoms with Gasteiger partial charge >= 0.3 is 0 Å². The van der Waals surface area contributed by atoms with Gasteiger partial charge in [-0.15, -0.1) is 10.2 Å². The molecule has 150 valence electrons. The van der Waals surface area contributed by atoms with Crippen molar-refractivity contribution in [3.8, 4) is 11.4 Å². The Labute approximate surface area is 172 Å². The standard InChI is InChI=1S/C20H21N5O3S/c1-4-24-19(15-6-5-7-16(11-15)25(27)28)22-23-20(24)29-12-18(26)21-17-10-13(2)8-9-14(17)3/h5-11H,4,12H2,1-3H3,(H,21,26). The Kier molecular flexibility index (Phi) is 6.28. The molecule has 3 aromatic rings. The van der Waals surface area contributed by atoms with E-state index in [0.29, 0.717) is 23.1 Å². The molecule has 8 nitrogen and oxygen atoms in total. The van der Waals surface area contributed by atoms with Gasteiger partial charge in [-0.2, -0.15) is 0 Å². The number of nitro groups is 1. The average molecular weight is 411 g/mol. The summed E-state index contributed by atoms with van der Waals surface area (Å²) >= 11 is 1.28. The van der Waals surface area contributed by atoms with Crippen molar-refractivity contribution in [2.24, 2.45) is 0 Å². The van der Waals surface area contributed by atoms with Crippen molar-refractivity contribution in [2.45, 2.75) is 32.5 Å². The quantitative estimate of drug-likeness (QED) is 0.355. The number of thioether (sulfide) groups is 1. The summed E-state index contributed by atoms with van der Waals surface area (Å²) < 4.78 is 1.84. The van der Waals surface area contributed by atoms with Gasteiger partial charge in [0.15, 0.2) is 11.0 Å². The highest BCUT2D eigenvalue weighted by Gasteiger charge is 2.17. The Morgan fingerprint density at radius 1 is 1.21 bits per heavy atom. The fraction of sp³-hybridized carbons (Fsp3) is 0.250. The van der Waals surface area contributed by atoms with Crippen molar-refractivity contribution < 1.29 is 9.72 Å². The molecule has 9 heteroatoms. The lowest BCUT2D eigenvalue weighted by molar-refractivity contribution is -0.384. The Morgan fingerprint density at radius 2 is 2.00 bits per heavy atom. The molecule has 1 aromatic heterocycles. The number of aryl methyl sites for hydroxylation is 2. The average Bonchev–Trinajstić information content (AvgIpc) is 3.12. The maximum absolute atomic E-state index is 12.4. The van der Waals surface area contributed by atoms with E-state index < -0.39 is 4.92 Å². The summed E-state index contributed by atoms with van der Waals surface area (Å²) in [7, 11) is 0. The summed E-state index contributed by atoms with van der Waals surface area (Å²) in [5, 5.41) is 22.9. The molecule has 2 aromatic carbocycles. The smallest absolute Gasteiger partial charge is 0.270 e. The van der Waals surface area contributed by atoms with E-state index in [4.69, 9.17) is 0 Å². The van der Waals surface area contributed by atoms with Gasteiger partial charge in [-0.25, -0.2) is 0 Å². The Morgan fingerprint density at radius 3 is 2.72 bits per heavy atom. The number of carbonyl (C=O) groups excluding carboxylic acids is 1. The molecule has 0 radical (unpaired) electrons. The molecule has 0 aliphatic rings. The molecule has 0 saturated heterocycles. The normalized spacial score (nSPS) is 10.7. The second kappa shape index (κ2) is 8.87. The summed E-state index contributed by atoms with van der Waals surface area (Å²) in [6, 6.07) is 12.2. The molecule has 1 N–H and O–H groups in total. The van der Waals surface area contributed by atoms with Crippen LogP contribution in [0.2, 0.25) is 0 Å². The molecule has 29 heavy (non-hydrogen) atoms. The number of anilines is 1. The minimum Gasteiger partial charge on any atom is -0.325 e. The van der Waals surface area contributed by atoms with E-state index in [1.165, 1.54) is 23.9 Å². The molecule has 0 aliphatic carbocycles. The van der Waals surface area contributed by atoms with Crippen molar-refractivity contribution in [1.82, 2.24) is 14.8 Å². The number of hydrogen-bond acceptors (Lipinski definition) is 6. The second-order valence-corrected chi connectivity index (χ2v) is 7.46. The highest BCUT2D eigenvalue weighted by molar-refractivity contribution is 7.99. The number of rotatable bonds is 7. The van der Waals surface area contributed by atoms with Gasteiger partial charge in [-0.05, 0) is 38.0 Å². The first-order valence-electron chi connectivity index (χ1n) is 9.07. The number of amides is 1. The first-order valence-corrected chi connectivity index (χ1v) is 10.1. The monoisotopic (exact) mass is 411 g/mol. The second-order valence-electron chi connectivity index (χ2n) is 6.51. The van der Waals surface area contributed by atoms with Crippen LogP contribution in [-0.4, -0.2) is 31.3 Å². The summed E-state index contributed by atoms with van der Waals surface area (Å²) in [4.78, 5) is 23.0.